The van der Waals surface area contributed by atoms with Crippen LogP contribution in [0.5, 0.6) is 0 Å². The number of ether oxygens (including phenoxy) is 1. The van der Waals surface area contributed by atoms with E-state index in [1.165, 1.54) is 18.9 Å². The lowest BCUT2D eigenvalue weighted by molar-refractivity contribution is 0.0186. The third kappa shape index (κ3) is 4.54. The summed E-state index contributed by atoms with van der Waals surface area (Å²) in [7, 11) is 0. The monoisotopic (exact) mass is 371 g/mol. The fraction of sp³-hybridized carbons (Fsp3) is 0.500. The van der Waals surface area contributed by atoms with Gasteiger partial charge in [-0.2, -0.15) is 0 Å². The molecule has 6 nitrogen and oxygen atoms in total. The van der Waals surface area contributed by atoms with Crippen molar-refractivity contribution in [2.24, 2.45) is 0 Å². The molecule has 4 rings (SSSR count). The Morgan fingerprint density at radius 2 is 1.89 bits per heavy atom. The topological polar surface area (TPSA) is 53.5 Å². The van der Waals surface area contributed by atoms with E-state index in [0.717, 1.165) is 43.4 Å². The first-order valence-corrected chi connectivity index (χ1v) is 9.68. The van der Waals surface area contributed by atoms with Gasteiger partial charge in [-0.15, -0.1) is 0 Å². The molecule has 144 valence electrons. The van der Waals surface area contributed by atoms with Crippen molar-refractivity contribution in [3.8, 4) is 0 Å². The molecule has 2 aromatic rings. The second-order valence-electron chi connectivity index (χ2n) is 7.06. The molecular weight excluding hydrogens is 345 g/mol. The maximum Gasteiger partial charge on any atom is 0.134 e. The van der Waals surface area contributed by atoms with E-state index in [-0.39, 0.29) is 11.9 Å². The molecule has 7 heteroatoms. The van der Waals surface area contributed by atoms with Crippen molar-refractivity contribution in [3.05, 3.63) is 48.0 Å². The molecule has 1 atom stereocenters. The Morgan fingerprint density at radius 1 is 1.07 bits per heavy atom. The number of anilines is 2. The zero-order valence-corrected chi connectivity index (χ0v) is 15.5. The SMILES string of the molecule is Fc1cccc(C(CNc2cc(N3CCCC3)ncn2)N2CCOCC2)c1. The highest BCUT2D eigenvalue weighted by Crippen LogP contribution is 2.24. The number of aromatic nitrogens is 2. The van der Waals surface area contributed by atoms with Crippen LogP contribution in [-0.2, 0) is 4.74 Å². The Balaban J connectivity index is 1.49. The summed E-state index contributed by atoms with van der Waals surface area (Å²) >= 11 is 0. The third-order valence-electron chi connectivity index (χ3n) is 5.28. The second-order valence-corrected chi connectivity index (χ2v) is 7.06. The summed E-state index contributed by atoms with van der Waals surface area (Å²) in [5.41, 5.74) is 0.971. The number of hydrogen-bond donors (Lipinski definition) is 1. The number of halogens is 1. The van der Waals surface area contributed by atoms with Crippen LogP contribution in [0.2, 0.25) is 0 Å². The average Bonchev–Trinajstić information content (AvgIpc) is 3.24. The Bertz CT molecular complexity index is 747. The summed E-state index contributed by atoms with van der Waals surface area (Å²) in [5.74, 6) is 1.57. The summed E-state index contributed by atoms with van der Waals surface area (Å²) in [4.78, 5) is 13.4. The molecule has 2 saturated heterocycles. The second kappa shape index (κ2) is 8.63. The van der Waals surface area contributed by atoms with Gasteiger partial charge in [0.1, 0.15) is 23.8 Å². The van der Waals surface area contributed by atoms with Gasteiger partial charge in [-0.3, -0.25) is 4.90 Å². The molecule has 1 N–H and O–H groups in total. The number of nitrogens with zero attached hydrogens (tertiary/aromatic N) is 4. The minimum Gasteiger partial charge on any atom is -0.379 e. The Morgan fingerprint density at radius 3 is 2.67 bits per heavy atom. The molecule has 1 unspecified atom stereocenters. The molecule has 0 amide bonds. The van der Waals surface area contributed by atoms with Gasteiger partial charge in [-0.05, 0) is 30.5 Å². The van der Waals surface area contributed by atoms with Crippen molar-refractivity contribution in [1.82, 2.24) is 14.9 Å². The van der Waals surface area contributed by atoms with Crippen LogP contribution in [0.3, 0.4) is 0 Å². The molecule has 1 aromatic heterocycles. The van der Waals surface area contributed by atoms with Crippen LogP contribution < -0.4 is 10.2 Å². The minimum absolute atomic E-state index is 0.0646. The molecule has 0 radical (unpaired) electrons. The first-order valence-electron chi connectivity index (χ1n) is 9.68. The quantitative estimate of drug-likeness (QED) is 0.843. The third-order valence-corrected chi connectivity index (χ3v) is 5.28. The van der Waals surface area contributed by atoms with Crippen LogP contribution in [0.4, 0.5) is 16.0 Å². The van der Waals surface area contributed by atoms with Gasteiger partial charge >= 0.3 is 0 Å². The number of rotatable bonds is 6. The summed E-state index contributed by atoms with van der Waals surface area (Å²) in [6, 6.07) is 8.94. The Kier molecular flexibility index (Phi) is 5.79. The van der Waals surface area contributed by atoms with Gasteiger partial charge in [0.05, 0.1) is 19.3 Å². The van der Waals surface area contributed by atoms with Gasteiger partial charge in [-0.1, -0.05) is 12.1 Å². The Labute approximate surface area is 159 Å². The van der Waals surface area contributed by atoms with Crippen molar-refractivity contribution >= 4 is 11.6 Å². The van der Waals surface area contributed by atoms with Gasteiger partial charge in [0.15, 0.2) is 0 Å². The van der Waals surface area contributed by atoms with Crippen LogP contribution in [0.15, 0.2) is 36.7 Å². The normalized spacial score (nSPS) is 19.2. The van der Waals surface area contributed by atoms with E-state index in [0.29, 0.717) is 19.8 Å². The molecular formula is C20H26FN5O. The standard InChI is InChI=1S/C20H26FN5O/c21-17-5-3-4-16(12-17)18(25-8-10-27-11-9-25)14-22-19-13-20(24-15-23-19)26-6-1-2-7-26/h3-5,12-13,15,18H,1-2,6-11,14H2,(H,22,23,24). The predicted molar refractivity (Wildman–Crippen MR) is 104 cm³/mol. The number of hydrogen-bond acceptors (Lipinski definition) is 6. The summed E-state index contributed by atoms with van der Waals surface area (Å²) in [6.45, 7) is 5.85. The van der Waals surface area contributed by atoms with Crippen LogP contribution in [0.25, 0.3) is 0 Å². The summed E-state index contributed by atoms with van der Waals surface area (Å²) in [5, 5.41) is 3.44. The Hall–Kier alpha value is -2.25. The molecule has 3 heterocycles. The van der Waals surface area contributed by atoms with Crippen molar-refractivity contribution in [2.45, 2.75) is 18.9 Å². The molecule has 0 spiro atoms. The van der Waals surface area contributed by atoms with E-state index in [1.807, 2.05) is 12.1 Å². The predicted octanol–water partition coefficient (Wildman–Crippen LogP) is 2.70. The highest BCUT2D eigenvalue weighted by Gasteiger charge is 2.23. The smallest absolute Gasteiger partial charge is 0.134 e. The zero-order chi connectivity index (χ0) is 18.5. The van der Waals surface area contributed by atoms with Crippen molar-refractivity contribution < 1.29 is 9.13 Å². The van der Waals surface area contributed by atoms with Crippen LogP contribution >= 0.6 is 0 Å². The summed E-state index contributed by atoms with van der Waals surface area (Å²) in [6.07, 6.45) is 4.04. The van der Waals surface area contributed by atoms with Gasteiger partial charge in [0, 0.05) is 38.8 Å². The molecule has 0 saturated carbocycles. The number of morpholine rings is 1. The van der Waals surface area contributed by atoms with Crippen molar-refractivity contribution in [2.75, 3.05) is 56.2 Å². The molecule has 2 fully saturated rings. The number of benzene rings is 1. The van der Waals surface area contributed by atoms with Crippen molar-refractivity contribution in [1.29, 1.82) is 0 Å². The molecule has 2 aliphatic heterocycles. The average molecular weight is 371 g/mol. The van der Waals surface area contributed by atoms with E-state index in [9.17, 15) is 4.39 Å². The molecule has 0 aliphatic carbocycles. The van der Waals surface area contributed by atoms with E-state index >= 15 is 0 Å². The largest absolute Gasteiger partial charge is 0.379 e. The summed E-state index contributed by atoms with van der Waals surface area (Å²) < 4.78 is 19.3. The van der Waals surface area contributed by atoms with Gasteiger partial charge in [0.2, 0.25) is 0 Å². The first kappa shape index (κ1) is 18.1. The van der Waals surface area contributed by atoms with E-state index < -0.39 is 0 Å². The lowest BCUT2D eigenvalue weighted by atomic mass is 10.0. The molecule has 0 bridgehead atoms. The van der Waals surface area contributed by atoms with Crippen LogP contribution in [0, 0.1) is 5.82 Å². The van der Waals surface area contributed by atoms with Gasteiger partial charge < -0.3 is 15.0 Å². The lowest BCUT2D eigenvalue weighted by Crippen LogP contribution is -2.41. The molecule has 2 aliphatic rings. The maximum atomic E-state index is 13.8. The van der Waals surface area contributed by atoms with Crippen molar-refractivity contribution in [3.63, 3.8) is 0 Å². The highest BCUT2D eigenvalue weighted by atomic mass is 19.1. The molecule has 27 heavy (non-hydrogen) atoms. The number of nitrogens with one attached hydrogen (secondary N) is 1. The fourth-order valence-corrected chi connectivity index (χ4v) is 3.82. The minimum atomic E-state index is -0.205. The van der Waals surface area contributed by atoms with Gasteiger partial charge in [-0.25, -0.2) is 14.4 Å². The zero-order valence-electron chi connectivity index (χ0n) is 15.5. The lowest BCUT2D eigenvalue weighted by Gasteiger charge is -2.35. The van der Waals surface area contributed by atoms with Crippen LogP contribution in [-0.4, -0.2) is 60.8 Å². The molecule has 1 aromatic carbocycles. The van der Waals surface area contributed by atoms with Crippen LogP contribution in [0.1, 0.15) is 24.4 Å². The van der Waals surface area contributed by atoms with E-state index in [1.54, 1.807) is 18.5 Å². The maximum absolute atomic E-state index is 13.8. The van der Waals surface area contributed by atoms with Gasteiger partial charge in [0.25, 0.3) is 0 Å². The van der Waals surface area contributed by atoms with E-state index in [2.05, 4.69) is 25.1 Å². The fourth-order valence-electron chi connectivity index (χ4n) is 3.82. The highest BCUT2D eigenvalue weighted by molar-refractivity contribution is 5.49. The van der Waals surface area contributed by atoms with E-state index in [4.69, 9.17) is 4.74 Å². The first-order chi connectivity index (χ1) is 13.3.